The molecule has 3 aromatic carbocycles. The molecule has 2 heterocycles. The van der Waals surface area contributed by atoms with Gasteiger partial charge in [0, 0.05) is 31.7 Å². The van der Waals surface area contributed by atoms with Crippen LogP contribution < -0.4 is 9.47 Å². The molecular weight excluding hydrogens is 524 g/mol. The van der Waals surface area contributed by atoms with Gasteiger partial charge in [0.2, 0.25) is 0 Å². The van der Waals surface area contributed by atoms with Gasteiger partial charge in [0.15, 0.2) is 11.5 Å². The number of phenolic OH excluding ortho intramolecular Hbond substituents is 1. The van der Waals surface area contributed by atoms with Crippen molar-refractivity contribution in [3.63, 3.8) is 0 Å². The van der Waals surface area contributed by atoms with Crippen LogP contribution in [0.15, 0.2) is 72.3 Å². The second-order valence-electron chi connectivity index (χ2n) is 10.1. The highest BCUT2D eigenvalue weighted by molar-refractivity contribution is 6.46. The average molecular weight is 559 g/mol. The topological polar surface area (TPSA) is 109 Å². The molecule has 41 heavy (non-hydrogen) atoms. The molecule has 0 spiro atoms. The standard InChI is InChI=1S/C32H34N2O7/c1-21-18-24(41-20-22-6-4-3-5-7-22)9-10-25(21)30(36)28-29(23-8-11-26(35)27(19-23)39-2)34(32(38)31(28)37)13-12-33-14-16-40-17-15-33/h3-11,18-19,29,35-36H,12-17,20H2,1-2H3/t29-/m1/s1. The van der Waals surface area contributed by atoms with E-state index in [9.17, 15) is 19.8 Å². The predicted octanol–water partition coefficient (Wildman–Crippen LogP) is 4.04. The highest BCUT2D eigenvalue weighted by Gasteiger charge is 2.46. The molecule has 0 aliphatic carbocycles. The highest BCUT2D eigenvalue weighted by Crippen LogP contribution is 2.42. The summed E-state index contributed by atoms with van der Waals surface area (Å²) in [6.45, 7) is 5.73. The summed E-state index contributed by atoms with van der Waals surface area (Å²) in [6.07, 6.45) is 0. The fraction of sp³-hybridized carbons (Fsp3) is 0.312. The number of hydrogen-bond donors (Lipinski definition) is 2. The number of amides is 1. The largest absolute Gasteiger partial charge is 0.507 e. The molecule has 5 rings (SSSR count). The molecule has 2 N–H and O–H groups in total. The van der Waals surface area contributed by atoms with Crippen LogP contribution in [0.25, 0.3) is 5.76 Å². The van der Waals surface area contributed by atoms with Gasteiger partial charge in [0.05, 0.1) is 31.9 Å². The van der Waals surface area contributed by atoms with Gasteiger partial charge in [0.1, 0.15) is 18.1 Å². The second kappa shape index (κ2) is 12.4. The molecule has 0 saturated carbocycles. The number of rotatable bonds is 9. The Labute approximate surface area is 239 Å². The smallest absolute Gasteiger partial charge is 0.295 e. The molecule has 3 aromatic rings. The van der Waals surface area contributed by atoms with E-state index in [-0.39, 0.29) is 29.4 Å². The van der Waals surface area contributed by atoms with E-state index >= 15 is 0 Å². The van der Waals surface area contributed by atoms with Crippen molar-refractivity contribution in [1.29, 1.82) is 0 Å². The quantitative estimate of drug-likeness (QED) is 0.230. The van der Waals surface area contributed by atoms with Crippen LogP contribution in [-0.2, 0) is 20.9 Å². The molecule has 2 aliphatic heterocycles. The monoisotopic (exact) mass is 558 g/mol. The predicted molar refractivity (Wildman–Crippen MR) is 153 cm³/mol. The lowest BCUT2D eigenvalue weighted by molar-refractivity contribution is -0.140. The number of aliphatic hydroxyl groups excluding tert-OH is 1. The summed E-state index contributed by atoms with van der Waals surface area (Å²) in [5.41, 5.74) is 2.68. The van der Waals surface area contributed by atoms with Gasteiger partial charge in [-0.1, -0.05) is 36.4 Å². The lowest BCUT2D eigenvalue weighted by Crippen LogP contribution is -2.42. The number of likely N-dealkylation sites (tertiary alicyclic amines) is 1. The maximum atomic E-state index is 13.5. The summed E-state index contributed by atoms with van der Waals surface area (Å²) < 4.78 is 16.7. The van der Waals surface area contributed by atoms with E-state index in [1.807, 2.05) is 37.3 Å². The van der Waals surface area contributed by atoms with Crippen LogP contribution in [0.2, 0.25) is 0 Å². The summed E-state index contributed by atoms with van der Waals surface area (Å²) in [7, 11) is 1.43. The van der Waals surface area contributed by atoms with Crippen LogP contribution in [0.5, 0.6) is 17.2 Å². The SMILES string of the molecule is COc1cc([C@@H]2C(=C(O)c3ccc(OCc4ccccc4)cc3C)C(=O)C(=O)N2CCN2CCOCC2)ccc1O. The minimum absolute atomic E-state index is 0.00854. The molecule has 1 amide bonds. The Morgan fingerprint density at radius 2 is 1.76 bits per heavy atom. The van der Waals surface area contributed by atoms with Crippen LogP contribution >= 0.6 is 0 Å². The zero-order chi connectivity index (χ0) is 28.9. The van der Waals surface area contributed by atoms with Gasteiger partial charge in [-0.2, -0.15) is 0 Å². The van der Waals surface area contributed by atoms with E-state index in [0.29, 0.717) is 48.8 Å². The van der Waals surface area contributed by atoms with Crippen molar-refractivity contribution in [2.45, 2.75) is 19.6 Å². The van der Waals surface area contributed by atoms with Crippen molar-refractivity contribution in [1.82, 2.24) is 9.80 Å². The van der Waals surface area contributed by atoms with Gasteiger partial charge in [-0.25, -0.2) is 0 Å². The first-order valence-electron chi connectivity index (χ1n) is 13.6. The number of carbonyl (C=O) groups excluding carboxylic acids is 2. The highest BCUT2D eigenvalue weighted by atomic mass is 16.5. The Morgan fingerprint density at radius 1 is 1.00 bits per heavy atom. The van der Waals surface area contributed by atoms with E-state index in [4.69, 9.17) is 14.2 Å². The van der Waals surface area contributed by atoms with Crippen LogP contribution in [0, 0.1) is 6.92 Å². The summed E-state index contributed by atoms with van der Waals surface area (Å²) in [5.74, 6) is -0.946. The minimum Gasteiger partial charge on any atom is -0.507 e. The lowest BCUT2D eigenvalue weighted by Gasteiger charge is -2.31. The molecule has 2 saturated heterocycles. The third-order valence-electron chi connectivity index (χ3n) is 7.52. The van der Waals surface area contributed by atoms with Gasteiger partial charge in [-0.3, -0.25) is 14.5 Å². The van der Waals surface area contributed by atoms with Gasteiger partial charge >= 0.3 is 0 Å². The maximum absolute atomic E-state index is 13.5. The third kappa shape index (κ3) is 6.06. The molecule has 1 atom stereocenters. The Bertz CT molecular complexity index is 1450. The molecule has 2 fully saturated rings. The number of phenols is 1. The number of ether oxygens (including phenoxy) is 3. The molecule has 9 heteroatoms. The van der Waals surface area contributed by atoms with Crippen molar-refractivity contribution >= 4 is 17.4 Å². The number of morpholine rings is 1. The van der Waals surface area contributed by atoms with E-state index in [2.05, 4.69) is 4.90 Å². The molecule has 2 aliphatic rings. The fourth-order valence-corrected chi connectivity index (χ4v) is 5.27. The Hall–Kier alpha value is -4.34. The first-order chi connectivity index (χ1) is 19.9. The summed E-state index contributed by atoms with van der Waals surface area (Å²) >= 11 is 0. The Balaban J connectivity index is 1.49. The number of aryl methyl sites for hydroxylation is 1. The summed E-state index contributed by atoms with van der Waals surface area (Å²) in [5, 5.41) is 21.8. The number of ketones is 1. The zero-order valence-electron chi connectivity index (χ0n) is 23.2. The zero-order valence-corrected chi connectivity index (χ0v) is 23.2. The van der Waals surface area contributed by atoms with Crippen LogP contribution in [-0.4, -0.2) is 78.2 Å². The number of hydrogen-bond acceptors (Lipinski definition) is 8. The van der Waals surface area contributed by atoms with Crippen molar-refractivity contribution < 1.29 is 34.0 Å². The lowest BCUT2D eigenvalue weighted by atomic mass is 9.93. The van der Waals surface area contributed by atoms with E-state index in [0.717, 1.165) is 18.7 Å². The Kier molecular flexibility index (Phi) is 8.56. The van der Waals surface area contributed by atoms with Gasteiger partial charge in [-0.05, 0) is 53.9 Å². The average Bonchev–Trinajstić information content (AvgIpc) is 3.25. The fourth-order valence-electron chi connectivity index (χ4n) is 5.27. The number of benzene rings is 3. The van der Waals surface area contributed by atoms with Crippen LogP contribution in [0.3, 0.4) is 0 Å². The van der Waals surface area contributed by atoms with Crippen molar-refractivity contribution in [2.24, 2.45) is 0 Å². The number of aromatic hydroxyl groups is 1. The second-order valence-corrected chi connectivity index (χ2v) is 10.1. The maximum Gasteiger partial charge on any atom is 0.295 e. The molecule has 0 unspecified atom stereocenters. The van der Waals surface area contributed by atoms with E-state index in [1.54, 1.807) is 30.3 Å². The summed E-state index contributed by atoms with van der Waals surface area (Å²) in [4.78, 5) is 30.5. The molecule has 214 valence electrons. The Morgan fingerprint density at radius 3 is 2.46 bits per heavy atom. The number of methoxy groups -OCH3 is 1. The van der Waals surface area contributed by atoms with E-state index < -0.39 is 17.7 Å². The first-order valence-corrected chi connectivity index (χ1v) is 13.6. The van der Waals surface area contributed by atoms with Gasteiger partial charge in [0.25, 0.3) is 11.7 Å². The number of aliphatic hydroxyl groups is 1. The number of Topliss-reactive ketones (excluding diaryl/α,β-unsaturated/α-hetero) is 1. The molecule has 9 nitrogen and oxygen atoms in total. The van der Waals surface area contributed by atoms with Crippen molar-refractivity contribution in [3.8, 4) is 17.2 Å². The number of carbonyl (C=O) groups is 2. The molecular formula is C32H34N2O7. The van der Waals surface area contributed by atoms with Crippen LogP contribution in [0.4, 0.5) is 0 Å². The van der Waals surface area contributed by atoms with Gasteiger partial charge < -0.3 is 29.3 Å². The minimum atomic E-state index is -0.862. The van der Waals surface area contributed by atoms with Crippen LogP contribution in [0.1, 0.15) is 28.3 Å². The van der Waals surface area contributed by atoms with Crippen molar-refractivity contribution in [3.05, 3.63) is 94.6 Å². The number of nitrogens with zero attached hydrogens (tertiary/aromatic N) is 2. The molecule has 0 bridgehead atoms. The first kappa shape index (κ1) is 28.2. The molecule has 0 radical (unpaired) electrons. The third-order valence-corrected chi connectivity index (χ3v) is 7.52. The normalized spacial score (nSPS) is 19.0. The van der Waals surface area contributed by atoms with E-state index in [1.165, 1.54) is 18.1 Å². The van der Waals surface area contributed by atoms with Crippen molar-refractivity contribution in [2.75, 3.05) is 46.5 Å². The van der Waals surface area contributed by atoms with Gasteiger partial charge in [-0.15, -0.1) is 0 Å². The summed E-state index contributed by atoms with van der Waals surface area (Å²) in [6, 6.07) is 18.8. The molecule has 0 aromatic heterocycles.